The Morgan fingerprint density at radius 2 is 2.00 bits per heavy atom. The van der Waals surface area contributed by atoms with Gasteiger partial charge in [-0.2, -0.15) is 0 Å². The molecule has 0 aliphatic carbocycles. The molecule has 0 rings (SSSR count). The van der Waals surface area contributed by atoms with Crippen molar-refractivity contribution in [1.29, 1.82) is 0 Å². The van der Waals surface area contributed by atoms with E-state index in [2.05, 4.69) is 9.47 Å². The highest BCUT2D eigenvalue weighted by molar-refractivity contribution is 5.91. The molecule has 0 unspecified atom stereocenters. The molecule has 0 radical (unpaired) electrons. The Hall–Kier alpha value is -1.32. The Bertz CT molecular complexity index is 183. The summed E-state index contributed by atoms with van der Waals surface area (Å²) in [6.45, 7) is 1.91. The first-order valence-corrected chi connectivity index (χ1v) is 3.62. The minimum atomic E-state index is -0.605. The van der Waals surface area contributed by atoms with E-state index in [0.29, 0.717) is 0 Å². The second-order valence-corrected chi connectivity index (χ2v) is 2.02. The molecule has 0 aliphatic rings. The summed E-state index contributed by atoms with van der Waals surface area (Å²) >= 11 is 0. The topological polar surface area (TPSA) is 52.6 Å². The molecule has 0 aliphatic heterocycles. The first kappa shape index (κ1) is 10.7. The first-order chi connectivity index (χ1) is 5.70. The second-order valence-electron chi connectivity index (χ2n) is 2.02. The molecule has 0 spiro atoms. The average molecular weight is 172 g/mol. The van der Waals surface area contributed by atoms with Crippen LogP contribution < -0.4 is 0 Å². The van der Waals surface area contributed by atoms with Crippen molar-refractivity contribution in [1.82, 2.24) is 0 Å². The number of methoxy groups -OCH3 is 1. The van der Waals surface area contributed by atoms with E-state index < -0.39 is 11.9 Å². The SMILES string of the molecule is CC/C=C/OC(=O)CC(=O)OC. The van der Waals surface area contributed by atoms with E-state index in [1.807, 2.05) is 6.92 Å². The fourth-order valence-electron chi connectivity index (χ4n) is 0.452. The zero-order valence-electron chi connectivity index (χ0n) is 7.20. The molecule has 12 heavy (non-hydrogen) atoms. The molecule has 0 aromatic carbocycles. The van der Waals surface area contributed by atoms with E-state index in [1.165, 1.54) is 13.4 Å². The van der Waals surface area contributed by atoms with E-state index in [0.717, 1.165) is 6.42 Å². The number of carbonyl (C=O) groups is 2. The third-order valence-electron chi connectivity index (χ3n) is 1.05. The maximum atomic E-state index is 10.7. The maximum absolute atomic E-state index is 10.7. The Balaban J connectivity index is 3.60. The molecule has 0 amide bonds. The van der Waals surface area contributed by atoms with Gasteiger partial charge in [-0.05, 0) is 12.5 Å². The standard InChI is InChI=1S/C8H12O4/c1-3-4-5-12-8(10)6-7(9)11-2/h4-5H,3,6H2,1-2H3/b5-4+. The summed E-state index contributed by atoms with van der Waals surface area (Å²) in [5.74, 6) is -1.20. The highest BCUT2D eigenvalue weighted by atomic mass is 16.5. The van der Waals surface area contributed by atoms with Gasteiger partial charge in [0.2, 0.25) is 0 Å². The predicted octanol–water partition coefficient (Wildman–Crippen LogP) is 1.02. The van der Waals surface area contributed by atoms with Crippen LogP contribution in [0.15, 0.2) is 12.3 Å². The van der Waals surface area contributed by atoms with Crippen LogP contribution in [0.1, 0.15) is 19.8 Å². The van der Waals surface area contributed by atoms with Gasteiger partial charge >= 0.3 is 11.9 Å². The molecular weight excluding hydrogens is 160 g/mol. The van der Waals surface area contributed by atoms with E-state index in [1.54, 1.807) is 6.08 Å². The molecule has 0 bridgehead atoms. The lowest BCUT2D eigenvalue weighted by Gasteiger charge is -1.96. The lowest BCUT2D eigenvalue weighted by Crippen LogP contribution is -2.09. The number of hydrogen-bond acceptors (Lipinski definition) is 4. The summed E-state index contributed by atoms with van der Waals surface area (Å²) in [5, 5.41) is 0. The van der Waals surface area contributed by atoms with Gasteiger partial charge in [0.25, 0.3) is 0 Å². The molecule has 0 heterocycles. The molecule has 4 nitrogen and oxygen atoms in total. The number of carbonyl (C=O) groups excluding carboxylic acids is 2. The highest BCUT2D eigenvalue weighted by Gasteiger charge is 2.08. The summed E-state index contributed by atoms with van der Waals surface area (Å²) < 4.78 is 8.80. The Kier molecular flexibility index (Phi) is 5.69. The maximum Gasteiger partial charge on any atom is 0.321 e. The fourth-order valence-corrected chi connectivity index (χ4v) is 0.452. The van der Waals surface area contributed by atoms with Crippen LogP contribution in [0.5, 0.6) is 0 Å². The molecule has 0 aromatic rings. The van der Waals surface area contributed by atoms with Gasteiger partial charge in [-0.1, -0.05) is 6.92 Å². The van der Waals surface area contributed by atoms with Crippen LogP contribution >= 0.6 is 0 Å². The molecular formula is C8H12O4. The molecule has 4 heteroatoms. The monoisotopic (exact) mass is 172 g/mol. The van der Waals surface area contributed by atoms with E-state index in [4.69, 9.17) is 0 Å². The normalized spacial score (nSPS) is 9.83. The van der Waals surface area contributed by atoms with Gasteiger partial charge in [-0.25, -0.2) is 0 Å². The smallest absolute Gasteiger partial charge is 0.321 e. The lowest BCUT2D eigenvalue weighted by molar-refractivity contribution is -0.149. The van der Waals surface area contributed by atoms with Crippen molar-refractivity contribution < 1.29 is 19.1 Å². The Morgan fingerprint density at radius 1 is 1.33 bits per heavy atom. The molecule has 0 atom stereocenters. The summed E-state index contributed by atoms with van der Waals surface area (Å²) in [7, 11) is 1.22. The summed E-state index contributed by atoms with van der Waals surface area (Å²) in [6.07, 6.45) is 3.39. The number of esters is 2. The molecule has 0 saturated heterocycles. The van der Waals surface area contributed by atoms with Gasteiger partial charge in [-0.3, -0.25) is 9.59 Å². The van der Waals surface area contributed by atoms with Gasteiger partial charge in [0.15, 0.2) is 0 Å². The van der Waals surface area contributed by atoms with Gasteiger partial charge < -0.3 is 9.47 Å². The Morgan fingerprint density at radius 3 is 2.50 bits per heavy atom. The third kappa shape index (κ3) is 5.46. The largest absolute Gasteiger partial charge is 0.469 e. The number of rotatable bonds is 4. The van der Waals surface area contributed by atoms with Crippen LogP contribution in [0.3, 0.4) is 0 Å². The van der Waals surface area contributed by atoms with Crippen molar-refractivity contribution in [2.45, 2.75) is 19.8 Å². The van der Waals surface area contributed by atoms with Gasteiger partial charge in [-0.15, -0.1) is 0 Å². The Labute approximate surface area is 71.2 Å². The lowest BCUT2D eigenvalue weighted by atomic mass is 10.4. The minimum Gasteiger partial charge on any atom is -0.469 e. The minimum absolute atomic E-state index is 0.343. The van der Waals surface area contributed by atoms with Crippen molar-refractivity contribution in [2.24, 2.45) is 0 Å². The molecule has 0 fully saturated rings. The molecule has 0 aromatic heterocycles. The van der Waals surface area contributed by atoms with Crippen molar-refractivity contribution in [2.75, 3.05) is 7.11 Å². The van der Waals surface area contributed by atoms with Crippen LogP contribution in [0.25, 0.3) is 0 Å². The van der Waals surface area contributed by atoms with E-state index in [-0.39, 0.29) is 6.42 Å². The van der Waals surface area contributed by atoms with E-state index >= 15 is 0 Å². The van der Waals surface area contributed by atoms with Crippen molar-refractivity contribution in [3.05, 3.63) is 12.3 Å². The zero-order chi connectivity index (χ0) is 9.40. The summed E-state index contributed by atoms with van der Waals surface area (Å²) in [6, 6.07) is 0. The summed E-state index contributed by atoms with van der Waals surface area (Å²) in [5.41, 5.74) is 0. The van der Waals surface area contributed by atoms with Crippen LogP contribution in [0.4, 0.5) is 0 Å². The van der Waals surface area contributed by atoms with Crippen LogP contribution in [-0.2, 0) is 19.1 Å². The van der Waals surface area contributed by atoms with Crippen molar-refractivity contribution >= 4 is 11.9 Å². The summed E-state index contributed by atoms with van der Waals surface area (Å²) in [4.78, 5) is 21.2. The molecule has 68 valence electrons. The second kappa shape index (κ2) is 6.39. The van der Waals surface area contributed by atoms with E-state index in [9.17, 15) is 9.59 Å². The number of hydrogen-bond donors (Lipinski definition) is 0. The molecule has 0 saturated carbocycles. The fraction of sp³-hybridized carbons (Fsp3) is 0.500. The quantitative estimate of drug-likeness (QED) is 0.361. The zero-order valence-corrected chi connectivity index (χ0v) is 7.20. The van der Waals surface area contributed by atoms with Gasteiger partial charge in [0.1, 0.15) is 6.42 Å². The van der Waals surface area contributed by atoms with Gasteiger partial charge in [0.05, 0.1) is 13.4 Å². The van der Waals surface area contributed by atoms with Crippen molar-refractivity contribution in [3.63, 3.8) is 0 Å². The first-order valence-electron chi connectivity index (χ1n) is 3.62. The molecule has 0 N–H and O–H groups in total. The van der Waals surface area contributed by atoms with Crippen LogP contribution in [0, 0.1) is 0 Å². The van der Waals surface area contributed by atoms with Gasteiger partial charge in [0, 0.05) is 0 Å². The number of ether oxygens (including phenoxy) is 2. The number of allylic oxidation sites excluding steroid dienone is 1. The van der Waals surface area contributed by atoms with Crippen LogP contribution in [-0.4, -0.2) is 19.0 Å². The predicted molar refractivity (Wildman–Crippen MR) is 42.2 cm³/mol. The average Bonchev–Trinajstić information content (AvgIpc) is 2.05. The van der Waals surface area contributed by atoms with Crippen molar-refractivity contribution in [3.8, 4) is 0 Å². The van der Waals surface area contributed by atoms with Crippen LogP contribution in [0.2, 0.25) is 0 Å². The highest BCUT2D eigenvalue weighted by Crippen LogP contribution is 1.90. The third-order valence-corrected chi connectivity index (χ3v) is 1.05.